The van der Waals surface area contributed by atoms with E-state index < -0.39 is 0 Å². The third-order valence-corrected chi connectivity index (χ3v) is 3.45. The molecule has 0 saturated heterocycles. The van der Waals surface area contributed by atoms with Gasteiger partial charge >= 0.3 is 0 Å². The van der Waals surface area contributed by atoms with Crippen molar-refractivity contribution in [3.8, 4) is 12.3 Å². The molecule has 0 aromatic carbocycles. The van der Waals surface area contributed by atoms with Gasteiger partial charge in [0.1, 0.15) is 10.7 Å². The zero-order valence-corrected chi connectivity index (χ0v) is 12.2. The van der Waals surface area contributed by atoms with E-state index in [1.807, 2.05) is 6.92 Å². The van der Waals surface area contributed by atoms with Gasteiger partial charge in [0.15, 0.2) is 5.13 Å². The predicted octanol–water partition coefficient (Wildman–Crippen LogP) is 2.03. The van der Waals surface area contributed by atoms with E-state index in [0.717, 1.165) is 19.4 Å². The molecule has 0 aliphatic rings. The minimum absolute atomic E-state index is 0.139. The summed E-state index contributed by atoms with van der Waals surface area (Å²) in [6, 6.07) is 0. The number of nitrogens with zero attached hydrogens (tertiary/aromatic N) is 2. The molecule has 1 heterocycles. The number of terminal acetylenes is 1. The minimum Gasteiger partial charge on any atom is -0.382 e. The van der Waals surface area contributed by atoms with Crippen LogP contribution < -0.4 is 11.1 Å². The second-order valence-corrected chi connectivity index (χ2v) is 5.09. The number of rotatable bonds is 7. The lowest BCUT2D eigenvalue weighted by Crippen LogP contribution is -2.32. The molecule has 0 fully saturated rings. The Hall–Kier alpha value is -1.74. The monoisotopic (exact) mass is 280 g/mol. The van der Waals surface area contributed by atoms with Gasteiger partial charge in [0.2, 0.25) is 0 Å². The van der Waals surface area contributed by atoms with Gasteiger partial charge in [0, 0.05) is 13.1 Å². The van der Waals surface area contributed by atoms with Crippen molar-refractivity contribution >= 4 is 28.2 Å². The fourth-order valence-electron chi connectivity index (χ4n) is 1.57. The maximum atomic E-state index is 12.3. The summed E-state index contributed by atoms with van der Waals surface area (Å²) in [5, 5.41) is 3.81. The van der Waals surface area contributed by atoms with Gasteiger partial charge in [-0.1, -0.05) is 31.1 Å². The van der Waals surface area contributed by atoms with Crippen molar-refractivity contribution in [3.63, 3.8) is 0 Å². The van der Waals surface area contributed by atoms with Crippen molar-refractivity contribution in [1.29, 1.82) is 0 Å². The Kier molecular flexibility index (Phi) is 6.16. The van der Waals surface area contributed by atoms with E-state index in [1.165, 1.54) is 11.3 Å². The number of carbonyl (C=O) groups excluding carboxylic acids is 1. The number of nitrogen functional groups attached to an aromatic ring is 1. The number of carbonyl (C=O) groups is 1. The van der Waals surface area contributed by atoms with Crippen LogP contribution >= 0.6 is 11.3 Å². The average molecular weight is 280 g/mol. The first-order valence-corrected chi connectivity index (χ1v) is 7.18. The summed E-state index contributed by atoms with van der Waals surface area (Å²) in [4.78, 5) is 18.6. The first kappa shape index (κ1) is 15.3. The number of aromatic nitrogens is 1. The van der Waals surface area contributed by atoms with Gasteiger partial charge in [0.05, 0.1) is 6.54 Å². The summed E-state index contributed by atoms with van der Waals surface area (Å²) in [7, 11) is 0. The number of nitrogens with one attached hydrogen (secondary N) is 1. The number of anilines is 2. The van der Waals surface area contributed by atoms with Crippen molar-refractivity contribution in [2.24, 2.45) is 0 Å². The zero-order chi connectivity index (χ0) is 14.3. The van der Waals surface area contributed by atoms with E-state index in [4.69, 9.17) is 12.2 Å². The molecule has 0 spiro atoms. The molecule has 0 unspecified atom stereocenters. The van der Waals surface area contributed by atoms with Gasteiger partial charge in [-0.25, -0.2) is 4.98 Å². The molecular formula is C13H20N4OS. The van der Waals surface area contributed by atoms with Gasteiger partial charge in [0.25, 0.3) is 5.91 Å². The molecule has 1 aromatic heterocycles. The third-order valence-electron chi connectivity index (χ3n) is 2.44. The summed E-state index contributed by atoms with van der Waals surface area (Å²) in [5.41, 5.74) is 5.80. The smallest absolute Gasteiger partial charge is 0.268 e. The maximum absolute atomic E-state index is 12.3. The number of hydrogen-bond donors (Lipinski definition) is 2. The molecule has 6 heteroatoms. The number of amides is 1. The topological polar surface area (TPSA) is 71.2 Å². The highest BCUT2D eigenvalue weighted by Gasteiger charge is 2.21. The SMILES string of the molecule is C#CCN(CCC)C(=O)c1sc(NCCC)nc1N. The number of nitrogens with two attached hydrogens (primary N) is 1. The second-order valence-electron chi connectivity index (χ2n) is 4.09. The largest absolute Gasteiger partial charge is 0.382 e. The van der Waals surface area contributed by atoms with Crippen molar-refractivity contribution in [2.45, 2.75) is 26.7 Å². The number of thiazole rings is 1. The van der Waals surface area contributed by atoms with Crippen LogP contribution in [0.4, 0.5) is 10.9 Å². The quantitative estimate of drug-likeness (QED) is 0.750. The number of hydrogen-bond acceptors (Lipinski definition) is 5. The van der Waals surface area contributed by atoms with E-state index in [1.54, 1.807) is 4.90 Å². The molecule has 1 amide bonds. The van der Waals surface area contributed by atoms with Crippen molar-refractivity contribution in [3.05, 3.63) is 4.88 Å². The standard InChI is InChI=1S/C13H20N4OS/c1-4-7-15-13-16-11(14)10(19-13)12(18)17(8-5-2)9-6-3/h2H,4,6-9,14H2,1,3H3,(H,15,16). The fourth-order valence-corrected chi connectivity index (χ4v) is 2.45. The Bertz CT molecular complexity index is 464. The van der Waals surface area contributed by atoms with E-state index in [2.05, 4.69) is 23.1 Å². The zero-order valence-electron chi connectivity index (χ0n) is 11.4. The van der Waals surface area contributed by atoms with Crippen LogP contribution in [0.15, 0.2) is 0 Å². The molecule has 0 radical (unpaired) electrons. The van der Waals surface area contributed by atoms with Crippen LogP contribution in [0.5, 0.6) is 0 Å². The van der Waals surface area contributed by atoms with E-state index in [0.29, 0.717) is 23.1 Å². The molecule has 0 atom stereocenters. The van der Waals surface area contributed by atoms with Crippen LogP contribution in [0.25, 0.3) is 0 Å². The molecule has 104 valence electrons. The van der Waals surface area contributed by atoms with Gasteiger partial charge in [-0.3, -0.25) is 4.79 Å². The molecule has 5 nitrogen and oxygen atoms in total. The summed E-state index contributed by atoms with van der Waals surface area (Å²) in [6.07, 6.45) is 7.13. The van der Waals surface area contributed by atoms with Crippen LogP contribution in [0.3, 0.4) is 0 Å². The summed E-state index contributed by atoms with van der Waals surface area (Å²) >= 11 is 1.28. The minimum atomic E-state index is -0.139. The molecule has 1 aromatic rings. The van der Waals surface area contributed by atoms with Crippen LogP contribution in [0.1, 0.15) is 36.4 Å². The van der Waals surface area contributed by atoms with Crippen LogP contribution in [0, 0.1) is 12.3 Å². The molecule has 19 heavy (non-hydrogen) atoms. The van der Waals surface area contributed by atoms with Crippen LogP contribution in [-0.2, 0) is 0 Å². The van der Waals surface area contributed by atoms with Crippen molar-refractivity contribution in [1.82, 2.24) is 9.88 Å². The van der Waals surface area contributed by atoms with E-state index >= 15 is 0 Å². The Morgan fingerprint density at radius 2 is 2.26 bits per heavy atom. The highest BCUT2D eigenvalue weighted by Crippen LogP contribution is 2.26. The lowest BCUT2D eigenvalue weighted by molar-refractivity contribution is 0.0782. The third kappa shape index (κ3) is 4.14. The van der Waals surface area contributed by atoms with Crippen molar-refractivity contribution < 1.29 is 4.79 Å². The Morgan fingerprint density at radius 1 is 1.53 bits per heavy atom. The molecule has 0 bridgehead atoms. The van der Waals surface area contributed by atoms with E-state index in [9.17, 15) is 4.79 Å². The first-order valence-electron chi connectivity index (χ1n) is 6.36. The maximum Gasteiger partial charge on any atom is 0.268 e. The lowest BCUT2D eigenvalue weighted by atomic mass is 10.3. The second kappa shape index (κ2) is 7.64. The van der Waals surface area contributed by atoms with Gasteiger partial charge < -0.3 is 16.0 Å². The van der Waals surface area contributed by atoms with E-state index in [-0.39, 0.29) is 11.7 Å². The highest BCUT2D eigenvalue weighted by molar-refractivity contribution is 7.18. The molecule has 3 N–H and O–H groups in total. The fraction of sp³-hybridized carbons (Fsp3) is 0.538. The molecule has 0 aliphatic carbocycles. The molecule has 0 aliphatic heterocycles. The Labute approximate surface area is 118 Å². The Morgan fingerprint density at radius 3 is 2.84 bits per heavy atom. The average Bonchev–Trinajstić information content (AvgIpc) is 2.76. The lowest BCUT2D eigenvalue weighted by Gasteiger charge is -2.18. The van der Waals surface area contributed by atoms with Crippen molar-refractivity contribution in [2.75, 3.05) is 30.7 Å². The molecular weight excluding hydrogens is 260 g/mol. The predicted molar refractivity (Wildman–Crippen MR) is 80.3 cm³/mol. The normalized spacial score (nSPS) is 9.95. The summed E-state index contributed by atoms with van der Waals surface area (Å²) in [5.74, 6) is 2.63. The highest BCUT2D eigenvalue weighted by atomic mass is 32.1. The van der Waals surface area contributed by atoms with Crippen LogP contribution in [-0.4, -0.2) is 35.4 Å². The first-order chi connectivity index (χ1) is 9.13. The summed E-state index contributed by atoms with van der Waals surface area (Å²) < 4.78 is 0. The molecule has 1 rings (SSSR count). The molecule has 0 saturated carbocycles. The van der Waals surface area contributed by atoms with Crippen LogP contribution in [0.2, 0.25) is 0 Å². The Balaban J connectivity index is 2.85. The van der Waals surface area contributed by atoms with Gasteiger partial charge in [-0.2, -0.15) is 0 Å². The van der Waals surface area contributed by atoms with Gasteiger partial charge in [-0.15, -0.1) is 6.42 Å². The van der Waals surface area contributed by atoms with Gasteiger partial charge in [-0.05, 0) is 12.8 Å². The summed E-state index contributed by atoms with van der Waals surface area (Å²) in [6.45, 7) is 5.79.